The first kappa shape index (κ1) is 19.9. The molecule has 5 nitrogen and oxygen atoms in total. The average molecular weight is 348 g/mol. The third kappa shape index (κ3) is 6.77. The number of benzene rings is 1. The first-order valence-corrected chi connectivity index (χ1v) is 9.15. The van der Waals surface area contributed by atoms with Crippen molar-refractivity contribution in [1.82, 2.24) is 10.2 Å². The molecule has 25 heavy (non-hydrogen) atoms. The SMILES string of the molecule is Cc1ccccc1C(=O)NC1CCN(C[C@H](O)COC(C)(C)C)CC1. The second-order valence-corrected chi connectivity index (χ2v) is 7.94. The molecule has 1 aliphatic heterocycles. The van der Waals surface area contributed by atoms with Crippen LogP contribution in [0, 0.1) is 6.92 Å². The minimum atomic E-state index is -0.475. The van der Waals surface area contributed by atoms with Gasteiger partial charge in [-0.2, -0.15) is 0 Å². The minimum Gasteiger partial charge on any atom is -0.389 e. The van der Waals surface area contributed by atoms with Crippen molar-refractivity contribution in [2.24, 2.45) is 0 Å². The number of aliphatic hydroxyl groups excluding tert-OH is 1. The van der Waals surface area contributed by atoms with Crippen molar-refractivity contribution in [3.05, 3.63) is 35.4 Å². The predicted molar refractivity (Wildman–Crippen MR) is 99.8 cm³/mol. The van der Waals surface area contributed by atoms with E-state index in [2.05, 4.69) is 10.2 Å². The summed E-state index contributed by atoms with van der Waals surface area (Å²) in [4.78, 5) is 14.6. The van der Waals surface area contributed by atoms with E-state index in [0.717, 1.165) is 37.1 Å². The Bertz CT molecular complexity index is 560. The molecular weight excluding hydrogens is 316 g/mol. The highest BCUT2D eigenvalue weighted by atomic mass is 16.5. The minimum absolute atomic E-state index is 0.00941. The van der Waals surface area contributed by atoms with Gasteiger partial charge in [0.25, 0.3) is 5.91 Å². The molecule has 1 aliphatic rings. The van der Waals surface area contributed by atoms with Gasteiger partial charge in [0.1, 0.15) is 0 Å². The number of β-amino-alcohol motifs (C(OH)–C–C–N with tert-alkyl or cyclic N) is 1. The number of nitrogens with zero attached hydrogens (tertiary/aromatic N) is 1. The summed E-state index contributed by atoms with van der Waals surface area (Å²) in [5, 5.41) is 13.3. The van der Waals surface area contributed by atoms with E-state index in [1.54, 1.807) is 0 Å². The maximum absolute atomic E-state index is 12.4. The Hall–Kier alpha value is -1.43. The fourth-order valence-corrected chi connectivity index (χ4v) is 3.05. The van der Waals surface area contributed by atoms with Crippen molar-refractivity contribution in [2.75, 3.05) is 26.2 Å². The lowest BCUT2D eigenvalue weighted by Crippen LogP contribution is -2.47. The molecule has 140 valence electrons. The molecule has 1 saturated heterocycles. The summed E-state index contributed by atoms with van der Waals surface area (Å²) < 4.78 is 5.63. The fourth-order valence-electron chi connectivity index (χ4n) is 3.05. The predicted octanol–water partition coefficient (Wildman–Crippen LogP) is 2.37. The van der Waals surface area contributed by atoms with Crippen LogP contribution in [-0.2, 0) is 4.74 Å². The van der Waals surface area contributed by atoms with Crippen LogP contribution in [0.2, 0.25) is 0 Å². The molecule has 0 saturated carbocycles. The van der Waals surface area contributed by atoms with Gasteiger partial charge in [0, 0.05) is 31.2 Å². The number of aliphatic hydroxyl groups is 1. The number of nitrogens with one attached hydrogen (secondary N) is 1. The van der Waals surface area contributed by atoms with Crippen molar-refractivity contribution < 1.29 is 14.6 Å². The molecule has 0 unspecified atom stereocenters. The van der Waals surface area contributed by atoms with Gasteiger partial charge in [-0.1, -0.05) is 18.2 Å². The number of ether oxygens (including phenoxy) is 1. The first-order chi connectivity index (χ1) is 11.7. The molecule has 0 radical (unpaired) electrons. The van der Waals surface area contributed by atoms with Crippen molar-refractivity contribution in [3.8, 4) is 0 Å². The molecule has 0 aromatic heterocycles. The number of piperidine rings is 1. The molecule has 1 heterocycles. The van der Waals surface area contributed by atoms with Gasteiger partial charge in [-0.25, -0.2) is 0 Å². The molecule has 0 bridgehead atoms. The highest BCUT2D eigenvalue weighted by Crippen LogP contribution is 2.14. The summed E-state index contributed by atoms with van der Waals surface area (Å²) >= 11 is 0. The summed E-state index contributed by atoms with van der Waals surface area (Å²) in [6.45, 7) is 10.7. The van der Waals surface area contributed by atoms with Gasteiger partial charge in [0.15, 0.2) is 0 Å². The van der Waals surface area contributed by atoms with E-state index < -0.39 is 6.10 Å². The molecule has 2 rings (SSSR count). The number of rotatable bonds is 6. The molecule has 5 heteroatoms. The normalized spacial score (nSPS) is 18.1. The maximum Gasteiger partial charge on any atom is 0.251 e. The molecule has 0 spiro atoms. The van der Waals surface area contributed by atoms with Gasteiger partial charge < -0.3 is 20.1 Å². The average Bonchev–Trinajstić information content (AvgIpc) is 2.54. The topological polar surface area (TPSA) is 61.8 Å². The highest BCUT2D eigenvalue weighted by Gasteiger charge is 2.23. The van der Waals surface area contributed by atoms with E-state index in [0.29, 0.717) is 13.2 Å². The van der Waals surface area contributed by atoms with Crippen LogP contribution in [0.1, 0.15) is 49.5 Å². The van der Waals surface area contributed by atoms with E-state index in [4.69, 9.17) is 4.74 Å². The Morgan fingerprint density at radius 1 is 1.32 bits per heavy atom. The Balaban J connectivity index is 1.73. The van der Waals surface area contributed by atoms with Crippen molar-refractivity contribution in [2.45, 2.75) is 58.3 Å². The van der Waals surface area contributed by atoms with Crippen LogP contribution in [0.3, 0.4) is 0 Å². The number of likely N-dealkylation sites (tertiary alicyclic amines) is 1. The molecule has 2 N–H and O–H groups in total. The summed E-state index contributed by atoms with van der Waals surface area (Å²) in [7, 11) is 0. The summed E-state index contributed by atoms with van der Waals surface area (Å²) in [6, 6.07) is 7.86. The summed E-state index contributed by atoms with van der Waals surface area (Å²) in [6.07, 6.45) is 1.34. The quantitative estimate of drug-likeness (QED) is 0.828. The summed E-state index contributed by atoms with van der Waals surface area (Å²) in [5.74, 6) is 0.00941. The van der Waals surface area contributed by atoms with Crippen LogP contribution in [0.25, 0.3) is 0 Å². The molecular formula is C20H32N2O3. The van der Waals surface area contributed by atoms with Gasteiger partial charge in [-0.3, -0.25) is 4.79 Å². The fraction of sp³-hybridized carbons (Fsp3) is 0.650. The number of carbonyl (C=O) groups excluding carboxylic acids is 1. The van der Waals surface area contributed by atoms with Crippen molar-refractivity contribution in [1.29, 1.82) is 0 Å². The standard InChI is InChI=1S/C20H32N2O3/c1-15-7-5-6-8-18(15)19(24)21-16-9-11-22(12-10-16)13-17(23)14-25-20(2,3)4/h5-8,16-17,23H,9-14H2,1-4H3,(H,21,24)/t17-/m0/s1. The lowest BCUT2D eigenvalue weighted by Gasteiger charge is -2.34. The highest BCUT2D eigenvalue weighted by molar-refractivity contribution is 5.95. The lowest BCUT2D eigenvalue weighted by atomic mass is 10.0. The van der Waals surface area contributed by atoms with Gasteiger partial charge in [0.05, 0.1) is 18.3 Å². The maximum atomic E-state index is 12.4. The molecule has 1 atom stereocenters. The number of hydrogen-bond donors (Lipinski definition) is 2. The molecule has 1 amide bonds. The number of aryl methyl sites for hydroxylation is 1. The molecule has 0 aliphatic carbocycles. The van der Waals surface area contributed by atoms with Crippen LogP contribution in [0.4, 0.5) is 0 Å². The van der Waals surface area contributed by atoms with Crippen molar-refractivity contribution in [3.63, 3.8) is 0 Å². The van der Waals surface area contributed by atoms with Gasteiger partial charge >= 0.3 is 0 Å². The van der Waals surface area contributed by atoms with Crippen LogP contribution in [-0.4, -0.2) is 59.9 Å². The van der Waals surface area contributed by atoms with Gasteiger partial charge in [-0.05, 0) is 52.2 Å². The van der Waals surface area contributed by atoms with Crippen LogP contribution >= 0.6 is 0 Å². The molecule has 1 fully saturated rings. The zero-order valence-corrected chi connectivity index (χ0v) is 15.9. The van der Waals surface area contributed by atoms with E-state index in [9.17, 15) is 9.90 Å². The van der Waals surface area contributed by atoms with Crippen molar-refractivity contribution >= 4 is 5.91 Å². The Morgan fingerprint density at radius 3 is 2.56 bits per heavy atom. The first-order valence-electron chi connectivity index (χ1n) is 9.15. The van der Waals surface area contributed by atoms with Crippen LogP contribution < -0.4 is 5.32 Å². The van der Waals surface area contributed by atoms with Crippen LogP contribution in [0.15, 0.2) is 24.3 Å². The number of amides is 1. The largest absolute Gasteiger partial charge is 0.389 e. The smallest absolute Gasteiger partial charge is 0.251 e. The summed E-state index contributed by atoms with van der Waals surface area (Å²) in [5.41, 5.74) is 1.52. The molecule has 1 aromatic carbocycles. The van der Waals surface area contributed by atoms with E-state index >= 15 is 0 Å². The van der Waals surface area contributed by atoms with E-state index in [1.807, 2.05) is 52.0 Å². The number of carbonyl (C=O) groups is 1. The zero-order chi connectivity index (χ0) is 18.4. The Labute approximate surface area is 151 Å². The van der Waals surface area contributed by atoms with E-state index in [1.165, 1.54) is 0 Å². The third-order valence-electron chi connectivity index (χ3n) is 4.49. The zero-order valence-electron chi connectivity index (χ0n) is 15.9. The second kappa shape index (κ2) is 8.79. The molecule has 1 aromatic rings. The third-order valence-corrected chi connectivity index (χ3v) is 4.49. The van der Waals surface area contributed by atoms with Gasteiger partial charge in [0.2, 0.25) is 0 Å². The van der Waals surface area contributed by atoms with E-state index in [-0.39, 0.29) is 17.6 Å². The number of hydrogen-bond acceptors (Lipinski definition) is 4. The van der Waals surface area contributed by atoms with Crippen LogP contribution in [0.5, 0.6) is 0 Å². The lowest BCUT2D eigenvalue weighted by molar-refractivity contribution is -0.0574. The van der Waals surface area contributed by atoms with Gasteiger partial charge in [-0.15, -0.1) is 0 Å². The second-order valence-electron chi connectivity index (χ2n) is 7.94. The Morgan fingerprint density at radius 2 is 1.96 bits per heavy atom. The Kier molecular flexibility index (Phi) is 6.99. The monoisotopic (exact) mass is 348 g/mol.